The smallest absolute Gasteiger partial charge is 0.304 e. The number of carbonyl (C=O) groups excluding carboxylic acids is 2. The minimum Gasteiger partial charge on any atom is -0.481 e. The Morgan fingerprint density at radius 3 is 2.05 bits per heavy atom. The molecule has 0 spiro atoms. The maximum absolute atomic E-state index is 12.4. The van der Waals surface area contributed by atoms with Crippen LogP contribution < -0.4 is 11.1 Å². The largest absolute Gasteiger partial charge is 0.481 e. The van der Waals surface area contributed by atoms with Gasteiger partial charge in [0.2, 0.25) is 5.91 Å². The van der Waals surface area contributed by atoms with E-state index in [0.29, 0.717) is 6.42 Å². The first-order chi connectivity index (χ1) is 9.50. The van der Waals surface area contributed by atoms with Crippen LogP contribution in [-0.4, -0.2) is 35.4 Å². The van der Waals surface area contributed by atoms with Gasteiger partial charge in [0.05, 0.1) is 18.4 Å². The summed E-state index contributed by atoms with van der Waals surface area (Å²) in [5.74, 6) is -2.44. The number of rotatable bonds is 8. The summed E-state index contributed by atoms with van der Waals surface area (Å²) in [6.07, 6.45) is 0.0905. The molecule has 0 aromatic rings. The van der Waals surface area contributed by atoms with E-state index in [1.54, 1.807) is 13.8 Å². The molecule has 0 heterocycles. The summed E-state index contributed by atoms with van der Waals surface area (Å²) in [4.78, 5) is 35.4. The summed E-state index contributed by atoms with van der Waals surface area (Å²) in [7, 11) is 0. The predicted octanol–water partition coefficient (Wildman–Crippen LogP) is 1.18. The van der Waals surface area contributed by atoms with Gasteiger partial charge in [-0.05, 0) is 18.4 Å². The van der Waals surface area contributed by atoms with E-state index in [1.807, 2.05) is 20.8 Å². The van der Waals surface area contributed by atoms with Crippen LogP contribution in [0, 0.1) is 17.3 Å². The second-order valence-corrected chi connectivity index (χ2v) is 6.71. The van der Waals surface area contributed by atoms with Gasteiger partial charge < -0.3 is 16.2 Å². The highest BCUT2D eigenvalue weighted by Gasteiger charge is 2.35. The maximum atomic E-state index is 12.4. The van der Waals surface area contributed by atoms with Crippen LogP contribution in [-0.2, 0) is 14.4 Å². The van der Waals surface area contributed by atoms with Crippen molar-refractivity contribution in [1.29, 1.82) is 0 Å². The van der Waals surface area contributed by atoms with Crippen molar-refractivity contribution in [2.24, 2.45) is 23.0 Å². The van der Waals surface area contributed by atoms with Gasteiger partial charge in [0.15, 0.2) is 5.78 Å². The van der Waals surface area contributed by atoms with Crippen molar-refractivity contribution in [2.75, 3.05) is 6.54 Å². The Bertz CT molecular complexity index is 386. The fourth-order valence-electron chi connectivity index (χ4n) is 2.09. The number of nitrogens with two attached hydrogens (primary N) is 1. The van der Waals surface area contributed by atoms with E-state index >= 15 is 0 Å². The molecule has 0 saturated carbocycles. The van der Waals surface area contributed by atoms with Gasteiger partial charge in [0.1, 0.15) is 0 Å². The summed E-state index contributed by atoms with van der Waals surface area (Å²) in [5.41, 5.74) is 4.98. The monoisotopic (exact) mass is 300 g/mol. The Morgan fingerprint density at radius 2 is 1.71 bits per heavy atom. The first kappa shape index (κ1) is 19.6. The lowest BCUT2D eigenvalue weighted by atomic mass is 9.78. The molecule has 0 aliphatic carbocycles. The molecule has 1 unspecified atom stereocenters. The number of Topliss-reactive ketones (excluding diaryl/α,β-unsaturated/α-hetero) is 1. The van der Waals surface area contributed by atoms with Gasteiger partial charge in [-0.25, -0.2) is 0 Å². The average molecular weight is 300 g/mol. The maximum Gasteiger partial charge on any atom is 0.304 e. The Hall–Kier alpha value is -1.43. The Balaban J connectivity index is 5.07. The van der Waals surface area contributed by atoms with E-state index < -0.39 is 29.3 Å². The third-order valence-electron chi connectivity index (χ3n) is 3.42. The SMILES string of the molecule is CC(C)C(=O)[C@H](CCN)NC(=O)C(CC(=O)O)C(C)(C)C. The van der Waals surface area contributed by atoms with Gasteiger partial charge in [-0.2, -0.15) is 0 Å². The molecule has 2 atom stereocenters. The molecule has 0 rings (SSSR count). The fourth-order valence-corrected chi connectivity index (χ4v) is 2.09. The summed E-state index contributed by atoms with van der Waals surface area (Å²) in [6, 6.07) is -0.652. The van der Waals surface area contributed by atoms with Crippen LogP contribution in [0.4, 0.5) is 0 Å². The highest BCUT2D eigenvalue weighted by molar-refractivity contribution is 5.92. The van der Waals surface area contributed by atoms with E-state index in [4.69, 9.17) is 10.8 Å². The van der Waals surface area contributed by atoms with Crippen molar-refractivity contribution in [3.8, 4) is 0 Å². The molecular formula is C15H28N2O4. The Kier molecular flexibility index (Phi) is 7.57. The first-order valence-electron chi connectivity index (χ1n) is 7.26. The van der Waals surface area contributed by atoms with Crippen LogP contribution >= 0.6 is 0 Å². The highest BCUT2D eigenvalue weighted by Crippen LogP contribution is 2.29. The zero-order chi connectivity index (χ0) is 16.8. The average Bonchev–Trinajstić information content (AvgIpc) is 2.32. The van der Waals surface area contributed by atoms with Crippen molar-refractivity contribution in [1.82, 2.24) is 5.32 Å². The standard InChI is InChI=1S/C15H28N2O4/c1-9(2)13(20)11(6-7-16)17-14(21)10(8-12(18)19)15(3,4)5/h9-11H,6-8,16H2,1-5H3,(H,17,21)(H,18,19)/t10?,11-/m0/s1. The van der Waals surface area contributed by atoms with E-state index in [0.717, 1.165) is 0 Å². The van der Waals surface area contributed by atoms with Gasteiger partial charge in [-0.3, -0.25) is 14.4 Å². The molecule has 122 valence electrons. The minimum absolute atomic E-state index is 0.0863. The number of carbonyl (C=O) groups is 3. The van der Waals surface area contributed by atoms with Crippen LogP contribution in [0.25, 0.3) is 0 Å². The zero-order valence-electron chi connectivity index (χ0n) is 13.6. The number of hydrogen-bond donors (Lipinski definition) is 3. The number of amides is 1. The van der Waals surface area contributed by atoms with Crippen molar-refractivity contribution in [2.45, 2.75) is 53.5 Å². The van der Waals surface area contributed by atoms with Gasteiger partial charge >= 0.3 is 5.97 Å². The number of carboxylic acid groups (broad SMARTS) is 1. The molecule has 0 aliphatic rings. The number of hydrogen-bond acceptors (Lipinski definition) is 4. The normalized spacial score (nSPS) is 14.6. The van der Waals surface area contributed by atoms with Crippen molar-refractivity contribution in [3.05, 3.63) is 0 Å². The zero-order valence-corrected chi connectivity index (χ0v) is 13.6. The number of carboxylic acids is 1. The van der Waals surface area contributed by atoms with Gasteiger partial charge in [0, 0.05) is 5.92 Å². The molecule has 0 bridgehead atoms. The van der Waals surface area contributed by atoms with Crippen molar-refractivity contribution < 1.29 is 19.5 Å². The van der Waals surface area contributed by atoms with Gasteiger partial charge in [-0.1, -0.05) is 34.6 Å². The molecule has 0 radical (unpaired) electrons. The Morgan fingerprint density at radius 1 is 1.19 bits per heavy atom. The van der Waals surface area contributed by atoms with Gasteiger partial charge in [0.25, 0.3) is 0 Å². The second-order valence-electron chi connectivity index (χ2n) is 6.71. The molecule has 1 amide bonds. The quantitative estimate of drug-likeness (QED) is 0.623. The molecule has 0 aliphatic heterocycles. The summed E-state index contributed by atoms with van der Waals surface area (Å²) >= 11 is 0. The van der Waals surface area contributed by atoms with E-state index in [1.165, 1.54) is 0 Å². The topological polar surface area (TPSA) is 109 Å². The molecule has 21 heavy (non-hydrogen) atoms. The number of ketones is 1. The van der Waals surface area contributed by atoms with Crippen LogP contribution in [0.3, 0.4) is 0 Å². The highest BCUT2D eigenvalue weighted by atomic mass is 16.4. The van der Waals surface area contributed by atoms with Crippen LogP contribution in [0.1, 0.15) is 47.5 Å². The van der Waals surface area contributed by atoms with Crippen LogP contribution in [0.15, 0.2) is 0 Å². The summed E-state index contributed by atoms with van der Waals surface area (Å²) in [6.45, 7) is 9.22. The van der Waals surface area contributed by atoms with Gasteiger partial charge in [-0.15, -0.1) is 0 Å². The molecule has 6 heteroatoms. The lowest BCUT2D eigenvalue weighted by molar-refractivity contribution is -0.144. The van der Waals surface area contributed by atoms with Crippen molar-refractivity contribution >= 4 is 17.7 Å². The van der Waals surface area contributed by atoms with Crippen LogP contribution in [0.2, 0.25) is 0 Å². The molecule has 0 aromatic heterocycles. The van der Waals surface area contributed by atoms with E-state index in [2.05, 4.69) is 5.32 Å². The molecule has 0 aromatic carbocycles. The molecule has 6 nitrogen and oxygen atoms in total. The third kappa shape index (κ3) is 6.71. The lowest BCUT2D eigenvalue weighted by Crippen LogP contribution is -2.48. The lowest BCUT2D eigenvalue weighted by Gasteiger charge is -2.30. The second kappa shape index (κ2) is 8.12. The molecule has 0 saturated heterocycles. The molecule has 0 fully saturated rings. The predicted molar refractivity (Wildman–Crippen MR) is 80.6 cm³/mol. The first-order valence-corrected chi connectivity index (χ1v) is 7.26. The van der Waals surface area contributed by atoms with E-state index in [9.17, 15) is 14.4 Å². The van der Waals surface area contributed by atoms with Crippen LogP contribution in [0.5, 0.6) is 0 Å². The fraction of sp³-hybridized carbons (Fsp3) is 0.800. The Labute approximate surface area is 126 Å². The summed E-state index contributed by atoms with van der Waals surface area (Å²) in [5, 5.41) is 11.6. The van der Waals surface area contributed by atoms with Crippen molar-refractivity contribution in [3.63, 3.8) is 0 Å². The minimum atomic E-state index is -1.03. The summed E-state index contributed by atoms with van der Waals surface area (Å²) < 4.78 is 0. The van der Waals surface area contributed by atoms with E-state index in [-0.39, 0.29) is 24.7 Å². The molecular weight excluding hydrogens is 272 g/mol. The molecule has 4 N–H and O–H groups in total. The number of nitrogens with one attached hydrogen (secondary N) is 1. The third-order valence-corrected chi connectivity index (χ3v) is 3.42. The number of aliphatic carboxylic acids is 1.